The topological polar surface area (TPSA) is 86.4 Å². The fourth-order valence-electron chi connectivity index (χ4n) is 4.45. The number of pyridine rings is 3. The summed E-state index contributed by atoms with van der Waals surface area (Å²) < 4.78 is 27.0. The molecule has 5 aromatic rings. The largest absolute Gasteiger partial charge is 0.353 e. The molecule has 1 fully saturated rings. The first-order chi connectivity index (χ1) is 16.5. The van der Waals surface area contributed by atoms with Crippen LogP contribution in [-0.4, -0.2) is 54.0 Å². The number of aromatic amines is 2. The van der Waals surface area contributed by atoms with Crippen molar-refractivity contribution in [3.8, 4) is 33.9 Å². The number of likely N-dealkylation sites (tertiary alicyclic amines) is 1. The predicted octanol–water partition coefficient (Wildman–Crippen LogP) is 4.92. The van der Waals surface area contributed by atoms with Gasteiger partial charge in [-0.15, -0.1) is 0 Å². The minimum atomic E-state index is -2.60. The van der Waals surface area contributed by atoms with E-state index in [2.05, 4.69) is 30.1 Å². The van der Waals surface area contributed by atoms with E-state index >= 15 is 0 Å². The van der Waals surface area contributed by atoms with Crippen LogP contribution in [0.4, 0.5) is 8.78 Å². The Morgan fingerprint density at radius 3 is 2.71 bits per heavy atom. The van der Waals surface area contributed by atoms with Gasteiger partial charge in [0.25, 0.3) is 5.92 Å². The molecule has 0 aliphatic carbocycles. The van der Waals surface area contributed by atoms with Gasteiger partial charge in [0.2, 0.25) is 0 Å². The summed E-state index contributed by atoms with van der Waals surface area (Å²) in [5.74, 6) is -2.60. The number of alkyl halides is 2. The molecule has 5 aromatic heterocycles. The molecular weight excluding hydrogens is 436 g/mol. The van der Waals surface area contributed by atoms with Crippen molar-refractivity contribution in [1.29, 1.82) is 0 Å². The summed E-state index contributed by atoms with van der Waals surface area (Å²) in [5.41, 5.74) is 6.94. The normalized spacial score (nSPS) is 15.8. The Bertz CT molecular complexity index is 1460. The molecule has 0 bridgehead atoms. The molecule has 2 N–H and O–H groups in total. The van der Waals surface area contributed by atoms with Crippen LogP contribution in [0.15, 0.2) is 67.4 Å². The minimum Gasteiger partial charge on any atom is -0.353 e. The molecule has 0 amide bonds. The number of rotatable bonds is 5. The van der Waals surface area contributed by atoms with Crippen LogP contribution < -0.4 is 0 Å². The Morgan fingerprint density at radius 1 is 0.971 bits per heavy atom. The second-order valence-electron chi connectivity index (χ2n) is 8.61. The fourth-order valence-corrected chi connectivity index (χ4v) is 4.45. The summed E-state index contributed by atoms with van der Waals surface area (Å²) >= 11 is 0. The highest BCUT2D eigenvalue weighted by atomic mass is 19.3. The zero-order chi connectivity index (χ0) is 23.1. The predicted molar refractivity (Wildman–Crippen MR) is 125 cm³/mol. The summed E-state index contributed by atoms with van der Waals surface area (Å²) in [4.78, 5) is 18.3. The van der Waals surface area contributed by atoms with E-state index in [0.29, 0.717) is 13.1 Å². The molecule has 0 radical (unpaired) electrons. The first kappa shape index (κ1) is 20.6. The first-order valence-corrected chi connectivity index (χ1v) is 11.0. The van der Waals surface area contributed by atoms with Crippen LogP contribution in [0.2, 0.25) is 0 Å². The highest BCUT2D eigenvalue weighted by Gasteiger charge is 2.37. The van der Waals surface area contributed by atoms with Crippen molar-refractivity contribution in [3.63, 3.8) is 0 Å². The number of hydrogen-bond donors (Lipinski definition) is 2. The fraction of sp³-hybridized carbons (Fsp3) is 0.200. The van der Waals surface area contributed by atoms with Crippen LogP contribution >= 0.6 is 0 Å². The van der Waals surface area contributed by atoms with Crippen LogP contribution in [0.5, 0.6) is 0 Å². The van der Waals surface area contributed by atoms with E-state index in [4.69, 9.17) is 0 Å². The summed E-state index contributed by atoms with van der Waals surface area (Å²) in [7, 11) is 0. The van der Waals surface area contributed by atoms with Gasteiger partial charge in [-0.25, -0.2) is 8.78 Å². The van der Waals surface area contributed by atoms with Gasteiger partial charge >= 0.3 is 0 Å². The van der Waals surface area contributed by atoms with E-state index < -0.39 is 5.92 Å². The quantitative estimate of drug-likeness (QED) is 0.391. The zero-order valence-corrected chi connectivity index (χ0v) is 18.2. The third-order valence-corrected chi connectivity index (χ3v) is 6.10. The molecule has 9 heteroatoms. The monoisotopic (exact) mass is 457 g/mol. The molecule has 34 heavy (non-hydrogen) atoms. The highest BCUT2D eigenvalue weighted by molar-refractivity contribution is 5.95. The third-order valence-electron chi connectivity index (χ3n) is 6.10. The number of fused-ring (bicyclic) bond motifs is 1. The van der Waals surface area contributed by atoms with E-state index in [1.807, 2.05) is 36.4 Å². The number of nitrogens with zero attached hydrogens (tertiary/aromatic N) is 5. The molecule has 0 saturated carbocycles. The molecule has 7 nitrogen and oxygen atoms in total. The minimum absolute atomic E-state index is 0.0919. The van der Waals surface area contributed by atoms with Gasteiger partial charge in [0, 0.05) is 72.5 Å². The number of H-pyrrole nitrogens is 2. The van der Waals surface area contributed by atoms with Crippen LogP contribution in [0.25, 0.3) is 44.8 Å². The van der Waals surface area contributed by atoms with Crippen LogP contribution in [-0.2, 0) is 6.54 Å². The molecule has 0 unspecified atom stereocenters. The van der Waals surface area contributed by atoms with Gasteiger partial charge in [-0.2, -0.15) is 5.10 Å². The van der Waals surface area contributed by atoms with Gasteiger partial charge in [0.05, 0.1) is 29.3 Å². The molecular formula is C25H21F2N7. The molecule has 6 rings (SSSR count). The average Bonchev–Trinajstić information content (AvgIpc) is 3.57. The SMILES string of the molecule is FC1(F)CCN(Cc2cncc(-c3cc(-c4cc5c(-c6cccnc6)nccc5[nH]4)[nH]n3)c2)C1. The van der Waals surface area contributed by atoms with Gasteiger partial charge in [0.1, 0.15) is 0 Å². The van der Waals surface area contributed by atoms with Gasteiger partial charge in [-0.1, -0.05) is 0 Å². The van der Waals surface area contributed by atoms with Gasteiger partial charge in [-0.3, -0.25) is 25.0 Å². The van der Waals surface area contributed by atoms with Crippen molar-refractivity contribution >= 4 is 10.9 Å². The maximum atomic E-state index is 13.5. The Balaban J connectivity index is 1.28. The lowest BCUT2D eigenvalue weighted by atomic mass is 10.1. The van der Waals surface area contributed by atoms with E-state index in [9.17, 15) is 8.78 Å². The molecule has 0 aromatic carbocycles. The van der Waals surface area contributed by atoms with Gasteiger partial charge in [-0.05, 0) is 42.0 Å². The molecule has 1 saturated heterocycles. The average molecular weight is 457 g/mol. The maximum Gasteiger partial charge on any atom is 0.261 e. The first-order valence-electron chi connectivity index (χ1n) is 11.0. The summed E-state index contributed by atoms with van der Waals surface area (Å²) in [6.07, 6.45) is 8.67. The molecule has 0 atom stereocenters. The summed E-state index contributed by atoms with van der Waals surface area (Å²) in [5, 5.41) is 8.55. The highest BCUT2D eigenvalue weighted by Crippen LogP contribution is 2.32. The van der Waals surface area contributed by atoms with E-state index in [0.717, 1.165) is 50.4 Å². The van der Waals surface area contributed by atoms with Gasteiger partial charge < -0.3 is 4.98 Å². The van der Waals surface area contributed by atoms with Crippen molar-refractivity contribution in [2.45, 2.75) is 18.9 Å². The van der Waals surface area contributed by atoms with Crippen molar-refractivity contribution in [2.24, 2.45) is 0 Å². The van der Waals surface area contributed by atoms with Crippen LogP contribution in [0, 0.1) is 0 Å². The lowest BCUT2D eigenvalue weighted by Crippen LogP contribution is -2.24. The lowest BCUT2D eigenvalue weighted by Gasteiger charge is -2.15. The Morgan fingerprint density at radius 2 is 1.88 bits per heavy atom. The molecule has 1 aliphatic heterocycles. The number of halogens is 2. The Kier molecular flexibility index (Phi) is 4.91. The number of nitrogens with one attached hydrogen (secondary N) is 2. The van der Waals surface area contributed by atoms with Crippen molar-refractivity contribution in [3.05, 3.63) is 72.9 Å². The van der Waals surface area contributed by atoms with E-state index in [1.165, 1.54) is 0 Å². The third kappa shape index (κ3) is 3.94. The second-order valence-corrected chi connectivity index (χ2v) is 8.61. The summed E-state index contributed by atoms with van der Waals surface area (Å²) in [6.45, 7) is 0.625. The van der Waals surface area contributed by atoms with E-state index in [-0.39, 0.29) is 13.0 Å². The lowest BCUT2D eigenvalue weighted by molar-refractivity contribution is 0.0115. The Hall–Kier alpha value is -3.98. The Labute approximate surface area is 193 Å². The van der Waals surface area contributed by atoms with E-state index in [1.54, 1.807) is 35.9 Å². The van der Waals surface area contributed by atoms with Crippen molar-refractivity contribution < 1.29 is 8.78 Å². The van der Waals surface area contributed by atoms with Gasteiger partial charge in [0.15, 0.2) is 0 Å². The maximum absolute atomic E-state index is 13.5. The standard InChI is InChI=1S/C25H21F2N7/c26-25(27)4-7-34(15-25)14-16-8-18(13-29-11-16)21-10-23(33-32-21)22-9-19-20(31-22)3-6-30-24(19)17-2-1-5-28-12-17/h1-3,5-6,8-13,31H,4,7,14-15H2,(H,32,33). The molecule has 1 aliphatic rings. The van der Waals surface area contributed by atoms with Crippen molar-refractivity contribution in [2.75, 3.05) is 13.1 Å². The van der Waals surface area contributed by atoms with Crippen LogP contribution in [0.1, 0.15) is 12.0 Å². The number of hydrogen-bond acceptors (Lipinski definition) is 5. The molecule has 0 spiro atoms. The second kappa shape index (κ2) is 8.11. The number of aromatic nitrogens is 6. The molecule has 6 heterocycles. The zero-order valence-electron chi connectivity index (χ0n) is 18.2. The van der Waals surface area contributed by atoms with Crippen LogP contribution in [0.3, 0.4) is 0 Å². The molecule has 170 valence electrons. The summed E-state index contributed by atoms with van der Waals surface area (Å²) in [6, 6.07) is 11.8. The smallest absolute Gasteiger partial charge is 0.261 e. The van der Waals surface area contributed by atoms with Crippen molar-refractivity contribution in [1.82, 2.24) is 35.0 Å².